The van der Waals surface area contributed by atoms with Gasteiger partial charge in [-0.15, -0.1) is 0 Å². The topological polar surface area (TPSA) is 31.2 Å². The highest BCUT2D eigenvalue weighted by molar-refractivity contribution is 7.96. The molecule has 0 aromatic heterocycles. The van der Waals surface area contributed by atoms with E-state index in [2.05, 4.69) is 48.8 Å². The Bertz CT molecular complexity index is 485. The first-order valence-corrected chi connectivity index (χ1v) is 9.29. The predicted molar refractivity (Wildman–Crippen MR) is 105 cm³/mol. The average molecular weight is 335 g/mol. The number of rotatable bonds is 7. The minimum Gasteiger partial charge on any atom is -0.336 e. The van der Waals surface area contributed by atoms with Crippen molar-refractivity contribution in [1.82, 2.24) is 9.21 Å². The lowest BCUT2D eigenvalue weighted by Gasteiger charge is -2.29. The molecule has 0 aliphatic carbocycles. The monoisotopic (exact) mass is 334 g/mol. The first kappa shape index (κ1) is 19.7. The van der Waals surface area contributed by atoms with Crippen LogP contribution >= 0.6 is 11.9 Å². The molecule has 0 aromatic carbocycles. The van der Waals surface area contributed by atoms with E-state index in [4.69, 9.17) is 4.99 Å². The SMILES string of the molecule is C=CN(C)C(=N/C1CCN(SC)CC1)/C(=C\N=C)/C=C(\C)CC. The van der Waals surface area contributed by atoms with Crippen LogP contribution in [0.25, 0.3) is 0 Å². The second-order valence-corrected chi connectivity index (χ2v) is 6.58. The fourth-order valence-corrected chi connectivity index (χ4v) is 2.98. The molecule has 1 rings (SSSR count). The number of allylic oxidation sites excluding steroid dienone is 1. The molecule has 128 valence electrons. The summed E-state index contributed by atoms with van der Waals surface area (Å²) in [7, 11) is 1.98. The van der Waals surface area contributed by atoms with Crippen molar-refractivity contribution < 1.29 is 0 Å². The predicted octanol–water partition coefficient (Wildman–Crippen LogP) is 4.14. The summed E-state index contributed by atoms with van der Waals surface area (Å²) in [5.41, 5.74) is 2.29. The standard InChI is InChI=1S/C18H30N4S/c1-7-15(3)13-16(14-19-4)18(21(5)8-2)20-17-9-11-22(23-6)12-10-17/h8,13-14,17H,2,4,7,9-12H2,1,3,5-6H3/b15-13+,16-14-,20-18+. The van der Waals surface area contributed by atoms with Crippen molar-refractivity contribution in [2.45, 2.75) is 39.2 Å². The maximum absolute atomic E-state index is 5.02. The largest absolute Gasteiger partial charge is 0.336 e. The smallest absolute Gasteiger partial charge is 0.136 e. The molecule has 0 saturated carbocycles. The van der Waals surface area contributed by atoms with Gasteiger partial charge in [-0.3, -0.25) is 14.3 Å². The van der Waals surface area contributed by atoms with Gasteiger partial charge in [0.05, 0.1) is 6.04 Å². The summed E-state index contributed by atoms with van der Waals surface area (Å²) in [6, 6.07) is 0.347. The van der Waals surface area contributed by atoms with Gasteiger partial charge in [-0.25, -0.2) is 0 Å². The third-order valence-electron chi connectivity index (χ3n) is 4.04. The van der Waals surface area contributed by atoms with Crippen molar-refractivity contribution in [3.63, 3.8) is 0 Å². The average Bonchev–Trinajstić information content (AvgIpc) is 2.59. The second kappa shape index (κ2) is 10.4. The van der Waals surface area contributed by atoms with Gasteiger partial charge in [0.15, 0.2) is 0 Å². The minimum absolute atomic E-state index is 0.347. The van der Waals surface area contributed by atoms with E-state index in [1.807, 2.05) is 23.9 Å². The van der Waals surface area contributed by atoms with Crippen LogP contribution in [0.3, 0.4) is 0 Å². The molecule has 1 saturated heterocycles. The molecule has 1 aliphatic rings. The van der Waals surface area contributed by atoms with Gasteiger partial charge >= 0.3 is 0 Å². The zero-order valence-corrected chi connectivity index (χ0v) is 15.8. The van der Waals surface area contributed by atoms with Gasteiger partial charge in [-0.2, -0.15) is 0 Å². The Hall–Kier alpha value is -1.33. The maximum Gasteiger partial charge on any atom is 0.136 e. The van der Waals surface area contributed by atoms with Crippen LogP contribution < -0.4 is 0 Å². The molecule has 0 radical (unpaired) electrons. The summed E-state index contributed by atoms with van der Waals surface area (Å²) in [6.07, 6.45) is 11.0. The molecule has 0 atom stereocenters. The second-order valence-electron chi connectivity index (χ2n) is 5.70. The summed E-state index contributed by atoms with van der Waals surface area (Å²) in [6.45, 7) is 13.9. The molecule has 5 heteroatoms. The summed E-state index contributed by atoms with van der Waals surface area (Å²) in [4.78, 5) is 11.0. The van der Waals surface area contributed by atoms with Crippen LogP contribution in [0.5, 0.6) is 0 Å². The fraction of sp³-hybridized carbons (Fsp3) is 0.556. The van der Waals surface area contributed by atoms with E-state index in [0.717, 1.165) is 43.8 Å². The van der Waals surface area contributed by atoms with E-state index in [9.17, 15) is 0 Å². The van der Waals surface area contributed by atoms with Crippen molar-refractivity contribution in [3.05, 3.63) is 36.2 Å². The van der Waals surface area contributed by atoms with E-state index in [-0.39, 0.29) is 0 Å². The zero-order chi connectivity index (χ0) is 17.2. The normalized spacial score (nSPS) is 18.9. The van der Waals surface area contributed by atoms with Gasteiger partial charge in [-0.1, -0.05) is 37.1 Å². The first-order chi connectivity index (χ1) is 11.0. The van der Waals surface area contributed by atoms with Gasteiger partial charge in [-0.05, 0) is 45.4 Å². The third kappa shape index (κ3) is 6.36. The highest BCUT2D eigenvalue weighted by Crippen LogP contribution is 2.20. The van der Waals surface area contributed by atoms with Crippen LogP contribution in [-0.2, 0) is 0 Å². The maximum atomic E-state index is 5.02. The van der Waals surface area contributed by atoms with Gasteiger partial charge in [0.1, 0.15) is 5.84 Å². The fourth-order valence-electron chi connectivity index (χ4n) is 2.41. The lowest BCUT2D eigenvalue weighted by atomic mass is 10.1. The number of piperidine rings is 1. The number of aliphatic imine (C=N–C) groups is 2. The van der Waals surface area contributed by atoms with Crippen LogP contribution in [-0.4, -0.2) is 54.2 Å². The Kier molecular flexibility index (Phi) is 8.95. The van der Waals surface area contributed by atoms with Gasteiger partial charge < -0.3 is 4.90 Å². The van der Waals surface area contributed by atoms with Gasteiger partial charge in [0.25, 0.3) is 0 Å². The highest BCUT2D eigenvalue weighted by Gasteiger charge is 2.20. The van der Waals surface area contributed by atoms with Crippen LogP contribution in [0.4, 0.5) is 0 Å². The van der Waals surface area contributed by atoms with Crippen LogP contribution in [0.1, 0.15) is 33.1 Å². The van der Waals surface area contributed by atoms with Gasteiger partial charge in [0, 0.05) is 31.9 Å². The third-order valence-corrected chi connectivity index (χ3v) is 4.92. The van der Waals surface area contributed by atoms with Crippen LogP contribution in [0, 0.1) is 0 Å². The molecule has 0 amide bonds. The van der Waals surface area contributed by atoms with Crippen molar-refractivity contribution >= 4 is 24.5 Å². The summed E-state index contributed by atoms with van der Waals surface area (Å²) >= 11 is 1.82. The Morgan fingerprint density at radius 2 is 2.04 bits per heavy atom. The molecule has 0 unspecified atom stereocenters. The number of nitrogens with zero attached hydrogens (tertiary/aromatic N) is 4. The molecule has 23 heavy (non-hydrogen) atoms. The lowest BCUT2D eigenvalue weighted by molar-refractivity contribution is 0.347. The first-order valence-electron chi connectivity index (χ1n) is 8.11. The summed E-state index contributed by atoms with van der Waals surface area (Å²) in [5, 5.41) is 0. The Balaban J connectivity index is 3.07. The van der Waals surface area contributed by atoms with Crippen molar-refractivity contribution in [2.75, 3.05) is 26.4 Å². The van der Waals surface area contributed by atoms with Crippen molar-refractivity contribution in [3.8, 4) is 0 Å². The number of amidine groups is 1. The highest BCUT2D eigenvalue weighted by atomic mass is 32.2. The van der Waals surface area contributed by atoms with E-state index in [1.54, 1.807) is 12.4 Å². The molecular weight excluding hydrogens is 304 g/mol. The molecule has 1 aliphatic heterocycles. The van der Waals surface area contributed by atoms with Crippen molar-refractivity contribution in [2.24, 2.45) is 9.98 Å². The molecule has 0 spiro atoms. The molecule has 4 nitrogen and oxygen atoms in total. The van der Waals surface area contributed by atoms with E-state index in [0.29, 0.717) is 6.04 Å². The Morgan fingerprint density at radius 3 is 2.52 bits per heavy atom. The quantitative estimate of drug-likeness (QED) is 0.303. The van der Waals surface area contributed by atoms with E-state index < -0.39 is 0 Å². The number of likely N-dealkylation sites (N-methyl/N-ethyl adjacent to an activating group) is 1. The Labute approximate surface area is 145 Å². The number of hydrogen-bond acceptors (Lipinski definition) is 4. The molecule has 1 fully saturated rings. The summed E-state index contributed by atoms with van der Waals surface area (Å²) < 4.78 is 2.39. The van der Waals surface area contributed by atoms with Crippen LogP contribution in [0.2, 0.25) is 0 Å². The van der Waals surface area contributed by atoms with Crippen LogP contribution in [0.15, 0.2) is 46.2 Å². The van der Waals surface area contributed by atoms with Gasteiger partial charge in [0.2, 0.25) is 0 Å². The molecule has 1 heterocycles. The van der Waals surface area contributed by atoms with Crippen molar-refractivity contribution in [1.29, 1.82) is 0 Å². The Morgan fingerprint density at radius 1 is 1.39 bits per heavy atom. The van der Waals surface area contributed by atoms with E-state index >= 15 is 0 Å². The molecule has 0 bridgehead atoms. The molecular formula is C18H30N4S. The molecule has 0 N–H and O–H groups in total. The lowest BCUT2D eigenvalue weighted by Crippen LogP contribution is -2.32. The molecule has 0 aromatic rings. The van der Waals surface area contributed by atoms with E-state index in [1.165, 1.54) is 5.57 Å². The summed E-state index contributed by atoms with van der Waals surface area (Å²) in [5.74, 6) is 0.919. The zero-order valence-electron chi connectivity index (χ0n) is 15.0. The minimum atomic E-state index is 0.347. The number of hydrogen-bond donors (Lipinski definition) is 0.